The number of aromatic amines is 1. The number of nitriles is 1. The third-order valence-electron chi connectivity index (χ3n) is 2.27. The summed E-state index contributed by atoms with van der Waals surface area (Å²) in [6.45, 7) is 0.763. The van der Waals surface area contributed by atoms with Crippen LogP contribution in [0.4, 0.5) is 0 Å². The molecule has 0 aliphatic rings. The number of fused-ring (bicyclic) bond motifs is 1. The molecular weight excluding hydrogens is 188 g/mol. The molecule has 1 heterocycles. The van der Waals surface area contributed by atoms with E-state index in [1.165, 1.54) is 5.56 Å². The second kappa shape index (κ2) is 4.13. The highest BCUT2D eigenvalue weighted by Gasteiger charge is 2.00. The van der Waals surface area contributed by atoms with Crippen molar-refractivity contribution in [2.45, 2.75) is 6.54 Å². The van der Waals surface area contributed by atoms with E-state index in [1.807, 2.05) is 25.2 Å². The molecule has 1 aromatic carbocycles. The first kappa shape index (κ1) is 9.71. The Morgan fingerprint density at radius 3 is 3.00 bits per heavy atom. The number of nitrogens with zero attached hydrogens (tertiary/aromatic N) is 1. The van der Waals surface area contributed by atoms with E-state index in [4.69, 9.17) is 5.26 Å². The number of hydrogen-bond acceptors (Lipinski definition) is 3. The highest BCUT2D eigenvalue weighted by molar-refractivity contribution is 5.81. The number of rotatable bonds is 3. The molecule has 0 saturated carbocycles. The first-order valence-electron chi connectivity index (χ1n) is 4.75. The second-order valence-corrected chi connectivity index (χ2v) is 3.32. The van der Waals surface area contributed by atoms with Crippen molar-refractivity contribution in [1.29, 1.82) is 5.26 Å². The SMILES string of the molecule is CNNCc1ccc2[nH]c(C#N)cc2c1. The quantitative estimate of drug-likeness (QED) is 0.654. The molecule has 0 bridgehead atoms. The lowest BCUT2D eigenvalue weighted by Gasteiger charge is -2.02. The van der Waals surface area contributed by atoms with Gasteiger partial charge >= 0.3 is 0 Å². The summed E-state index contributed by atoms with van der Waals surface area (Å²) in [5.74, 6) is 0. The number of H-pyrrole nitrogens is 1. The van der Waals surface area contributed by atoms with Gasteiger partial charge in [0.1, 0.15) is 11.8 Å². The van der Waals surface area contributed by atoms with Crippen LogP contribution in [0.25, 0.3) is 10.9 Å². The standard InChI is InChI=1S/C11H12N4/c1-13-14-7-8-2-3-11-9(4-8)5-10(6-12)15-11/h2-5,13-15H,7H2,1H3. The van der Waals surface area contributed by atoms with Crippen molar-refractivity contribution in [1.82, 2.24) is 15.8 Å². The zero-order valence-electron chi connectivity index (χ0n) is 8.46. The minimum absolute atomic E-state index is 0.601. The van der Waals surface area contributed by atoms with E-state index in [0.717, 1.165) is 17.4 Å². The van der Waals surface area contributed by atoms with Crippen molar-refractivity contribution < 1.29 is 0 Å². The third kappa shape index (κ3) is 1.99. The van der Waals surface area contributed by atoms with Crippen LogP contribution in [-0.2, 0) is 6.54 Å². The molecule has 0 aliphatic heterocycles. The number of nitrogens with one attached hydrogen (secondary N) is 3. The van der Waals surface area contributed by atoms with Crippen molar-refractivity contribution in [3.63, 3.8) is 0 Å². The van der Waals surface area contributed by atoms with Crippen LogP contribution < -0.4 is 10.9 Å². The van der Waals surface area contributed by atoms with Crippen LogP contribution in [0.5, 0.6) is 0 Å². The summed E-state index contributed by atoms with van der Waals surface area (Å²) < 4.78 is 0. The molecule has 1 aromatic heterocycles. The largest absolute Gasteiger partial charge is 0.346 e. The average molecular weight is 200 g/mol. The van der Waals surface area contributed by atoms with Crippen LogP contribution >= 0.6 is 0 Å². The molecule has 4 nitrogen and oxygen atoms in total. The van der Waals surface area contributed by atoms with Crippen LogP contribution in [0.1, 0.15) is 11.3 Å². The van der Waals surface area contributed by atoms with Crippen molar-refractivity contribution in [2.75, 3.05) is 7.05 Å². The van der Waals surface area contributed by atoms with E-state index in [2.05, 4.69) is 28.0 Å². The maximum absolute atomic E-state index is 8.75. The number of aromatic nitrogens is 1. The van der Waals surface area contributed by atoms with E-state index in [9.17, 15) is 0 Å². The van der Waals surface area contributed by atoms with Gasteiger partial charge in [0.25, 0.3) is 0 Å². The van der Waals surface area contributed by atoms with Gasteiger partial charge in [-0.05, 0) is 30.8 Å². The minimum Gasteiger partial charge on any atom is -0.346 e. The van der Waals surface area contributed by atoms with Gasteiger partial charge in [0.05, 0.1) is 0 Å². The van der Waals surface area contributed by atoms with Crippen molar-refractivity contribution >= 4 is 10.9 Å². The molecule has 0 saturated heterocycles. The summed E-state index contributed by atoms with van der Waals surface area (Å²) in [5, 5.41) is 9.82. The van der Waals surface area contributed by atoms with Gasteiger partial charge in [-0.25, -0.2) is 0 Å². The summed E-state index contributed by atoms with van der Waals surface area (Å²) in [5.41, 5.74) is 8.68. The minimum atomic E-state index is 0.601. The van der Waals surface area contributed by atoms with Gasteiger partial charge in [0, 0.05) is 17.4 Å². The Morgan fingerprint density at radius 1 is 1.40 bits per heavy atom. The lowest BCUT2D eigenvalue weighted by atomic mass is 10.1. The second-order valence-electron chi connectivity index (χ2n) is 3.32. The van der Waals surface area contributed by atoms with Gasteiger partial charge in [-0.1, -0.05) is 6.07 Å². The van der Waals surface area contributed by atoms with Gasteiger partial charge in [0.15, 0.2) is 0 Å². The molecule has 2 aromatic rings. The molecule has 3 N–H and O–H groups in total. The molecule has 0 radical (unpaired) electrons. The van der Waals surface area contributed by atoms with Crippen LogP contribution in [0.3, 0.4) is 0 Å². The summed E-state index contributed by atoms with van der Waals surface area (Å²) in [6, 6.07) is 10.0. The molecule has 2 rings (SSSR count). The molecule has 0 atom stereocenters. The summed E-state index contributed by atoms with van der Waals surface area (Å²) in [4.78, 5) is 3.03. The first-order valence-corrected chi connectivity index (χ1v) is 4.75. The van der Waals surface area contributed by atoms with Gasteiger partial charge < -0.3 is 4.98 Å². The molecule has 0 unspecified atom stereocenters. The van der Waals surface area contributed by atoms with Gasteiger partial charge in [-0.15, -0.1) is 0 Å². The number of hydrogen-bond donors (Lipinski definition) is 3. The van der Waals surface area contributed by atoms with Crippen molar-refractivity contribution in [3.8, 4) is 6.07 Å². The zero-order chi connectivity index (χ0) is 10.7. The smallest absolute Gasteiger partial charge is 0.118 e. The van der Waals surface area contributed by atoms with E-state index in [0.29, 0.717) is 5.69 Å². The summed E-state index contributed by atoms with van der Waals surface area (Å²) in [7, 11) is 1.84. The fourth-order valence-corrected chi connectivity index (χ4v) is 1.54. The van der Waals surface area contributed by atoms with E-state index >= 15 is 0 Å². The van der Waals surface area contributed by atoms with Gasteiger partial charge in [-0.2, -0.15) is 5.26 Å². The van der Waals surface area contributed by atoms with Gasteiger partial charge in [0.2, 0.25) is 0 Å². The Labute approximate surface area is 87.9 Å². The molecular formula is C11H12N4. The maximum Gasteiger partial charge on any atom is 0.118 e. The highest BCUT2D eigenvalue weighted by atomic mass is 15.3. The fraction of sp³-hybridized carbons (Fsp3) is 0.182. The summed E-state index contributed by atoms with van der Waals surface area (Å²) in [6.07, 6.45) is 0. The lowest BCUT2D eigenvalue weighted by molar-refractivity contribution is 0.597. The topological polar surface area (TPSA) is 63.6 Å². The molecule has 15 heavy (non-hydrogen) atoms. The fourth-order valence-electron chi connectivity index (χ4n) is 1.54. The number of benzene rings is 1. The maximum atomic E-state index is 8.75. The Bertz CT molecular complexity index is 507. The molecule has 0 fully saturated rings. The molecule has 0 amide bonds. The van der Waals surface area contributed by atoms with E-state index in [-0.39, 0.29) is 0 Å². The van der Waals surface area contributed by atoms with Crippen molar-refractivity contribution in [3.05, 3.63) is 35.5 Å². The lowest BCUT2D eigenvalue weighted by Crippen LogP contribution is -2.26. The zero-order valence-corrected chi connectivity index (χ0v) is 8.46. The molecule has 76 valence electrons. The molecule has 0 spiro atoms. The van der Waals surface area contributed by atoms with Crippen LogP contribution in [0.15, 0.2) is 24.3 Å². The Balaban J connectivity index is 2.34. The van der Waals surface area contributed by atoms with Crippen molar-refractivity contribution in [2.24, 2.45) is 0 Å². The highest BCUT2D eigenvalue weighted by Crippen LogP contribution is 2.16. The predicted molar refractivity (Wildman–Crippen MR) is 58.9 cm³/mol. The van der Waals surface area contributed by atoms with Crippen LogP contribution in [0.2, 0.25) is 0 Å². The number of hydrazine groups is 1. The Morgan fingerprint density at radius 2 is 2.27 bits per heavy atom. The summed E-state index contributed by atoms with van der Waals surface area (Å²) >= 11 is 0. The monoisotopic (exact) mass is 200 g/mol. The van der Waals surface area contributed by atoms with E-state index in [1.54, 1.807) is 0 Å². The normalized spacial score (nSPS) is 10.4. The first-order chi connectivity index (χ1) is 7.33. The average Bonchev–Trinajstić information content (AvgIpc) is 2.68. The molecule has 0 aliphatic carbocycles. The molecule has 4 heteroatoms. The van der Waals surface area contributed by atoms with Gasteiger partial charge in [-0.3, -0.25) is 10.9 Å². The van der Waals surface area contributed by atoms with Crippen LogP contribution in [0, 0.1) is 11.3 Å². The van der Waals surface area contributed by atoms with Crippen LogP contribution in [-0.4, -0.2) is 12.0 Å². The predicted octanol–water partition coefficient (Wildman–Crippen LogP) is 1.26. The Hall–Kier alpha value is -1.83. The Kier molecular flexibility index (Phi) is 2.68. The third-order valence-corrected chi connectivity index (χ3v) is 2.27. The van der Waals surface area contributed by atoms with E-state index < -0.39 is 0 Å².